The summed E-state index contributed by atoms with van der Waals surface area (Å²) in [6, 6.07) is 1.88. The lowest BCUT2D eigenvalue weighted by Crippen LogP contribution is -1.96. The number of methoxy groups -OCH3 is 1. The molecule has 0 aromatic carbocycles. The van der Waals surface area contributed by atoms with Crippen molar-refractivity contribution in [3.05, 3.63) is 17.6 Å². The molecular formula is C9H13N3O. The Morgan fingerprint density at radius 2 is 2.08 bits per heavy atom. The number of aryl methyl sites for hydroxylation is 1. The van der Waals surface area contributed by atoms with Gasteiger partial charge in [0, 0.05) is 6.20 Å². The van der Waals surface area contributed by atoms with Crippen molar-refractivity contribution in [3.63, 3.8) is 0 Å². The van der Waals surface area contributed by atoms with Crippen LogP contribution in [0.2, 0.25) is 0 Å². The number of aromatic nitrogens is 2. The van der Waals surface area contributed by atoms with E-state index in [1.165, 1.54) is 13.3 Å². The van der Waals surface area contributed by atoms with E-state index in [4.69, 9.17) is 10.00 Å². The molecule has 0 saturated carbocycles. The molecule has 0 saturated heterocycles. The summed E-state index contributed by atoms with van der Waals surface area (Å²) in [6.45, 7) is 5.79. The summed E-state index contributed by atoms with van der Waals surface area (Å²) in [5.41, 5.74) is 0.957. The highest BCUT2D eigenvalue weighted by Gasteiger charge is 2.03. The molecule has 4 heteroatoms. The Morgan fingerprint density at radius 3 is 2.54 bits per heavy atom. The van der Waals surface area contributed by atoms with E-state index in [2.05, 4.69) is 9.97 Å². The van der Waals surface area contributed by atoms with Gasteiger partial charge in [-0.25, -0.2) is 9.97 Å². The van der Waals surface area contributed by atoms with E-state index in [1.54, 1.807) is 6.92 Å². The van der Waals surface area contributed by atoms with Gasteiger partial charge in [-0.05, 0) is 6.92 Å². The normalized spacial score (nSPS) is 7.92. The van der Waals surface area contributed by atoms with Crippen molar-refractivity contribution >= 4 is 0 Å². The third-order valence-corrected chi connectivity index (χ3v) is 1.16. The van der Waals surface area contributed by atoms with Crippen molar-refractivity contribution in [1.29, 1.82) is 5.26 Å². The van der Waals surface area contributed by atoms with Gasteiger partial charge in [0.15, 0.2) is 0 Å². The van der Waals surface area contributed by atoms with E-state index in [9.17, 15) is 0 Å². The van der Waals surface area contributed by atoms with Crippen LogP contribution >= 0.6 is 0 Å². The Balaban J connectivity index is 0.000000671. The summed E-state index contributed by atoms with van der Waals surface area (Å²) in [7, 11) is 1.46. The summed E-state index contributed by atoms with van der Waals surface area (Å²) < 4.78 is 4.82. The van der Waals surface area contributed by atoms with E-state index >= 15 is 0 Å². The first-order valence-corrected chi connectivity index (χ1v) is 4.05. The Bertz CT molecular complexity index is 304. The number of nitriles is 1. The van der Waals surface area contributed by atoms with Crippen molar-refractivity contribution in [2.75, 3.05) is 7.11 Å². The van der Waals surface area contributed by atoms with E-state index < -0.39 is 0 Å². The standard InChI is InChI=1S/C7H7N3O.C2H6/c1-5-4-9-6(3-8)7(10-5)11-2;1-2/h4H,1-2H3;1-2H3. The van der Waals surface area contributed by atoms with Crippen LogP contribution in [0, 0.1) is 18.3 Å². The highest BCUT2D eigenvalue weighted by molar-refractivity contribution is 5.31. The summed E-state index contributed by atoms with van der Waals surface area (Å²) in [5.74, 6) is 0.285. The zero-order valence-electron chi connectivity index (χ0n) is 8.33. The number of hydrogen-bond acceptors (Lipinski definition) is 4. The number of rotatable bonds is 1. The molecule has 0 bridgehead atoms. The van der Waals surface area contributed by atoms with E-state index in [0.29, 0.717) is 0 Å². The second kappa shape index (κ2) is 5.95. The number of nitrogens with zero attached hydrogens (tertiary/aromatic N) is 3. The molecule has 0 N–H and O–H groups in total. The topological polar surface area (TPSA) is 58.8 Å². The fourth-order valence-corrected chi connectivity index (χ4v) is 0.674. The van der Waals surface area contributed by atoms with Gasteiger partial charge >= 0.3 is 0 Å². The van der Waals surface area contributed by atoms with E-state index in [1.807, 2.05) is 19.9 Å². The third kappa shape index (κ3) is 3.08. The molecule has 13 heavy (non-hydrogen) atoms. The minimum absolute atomic E-state index is 0.220. The highest BCUT2D eigenvalue weighted by Crippen LogP contribution is 2.09. The summed E-state index contributed by atoms with van der Waals surface area (Å²) in [4.78, 5) is 7.77. The summed E-state index contributed by atoms with van der Waals surface area (Å²) in [6.07, 6.45) is 1.53. The molecule has 0 unspecified atom stereocenters. The quantitative estimate of drug-likeness (QED) is 0.658. The predicted octanol–water partition coefficient (Wildman–Crippen LogP) is 1.69. The zero-order valence-corrected chi connectivity index (χ0v) is 8.33. The molecule has 70 valence electrons. The molecule has 1 heterocycles. The minimum atomic E-state index is 0.220. The molecule has 0 spiro atoms. The second-order valence-electron chi connectivity index (χ2n) is 1.98. The van der Waals surface area contributed by atoms with Crippen LogP contribution in [0.5, 0.6) is 5.88 Å². The van der Waals surface area contributed by atoms with Gasteiger partial charge < -0.3 is 4.74 Å². The second-order valence-corrected chi connectivity index (χ2v) is 1.98. The molecule has 1 rings (SSSR count). The van der Waals surface area contributed by atoms with E-state index in [-0.39, 0.29) is 11.6 Å². The first-order chi connectivity index (χ1) is 6.27. The third-order valence-electron chi connectivity index (χ3n) is 1.16. The van der Waals surface area contributed by atoms with Crippen LogP contribution < -0.4 is 4.74 Å². The lowest BCUT2D eigenvalue weighted by Gasteiger charge is -1.99. The maximum absolute atomic E-state index is 8.51. The number of hydrogen-bond donors (Lipinski definition) is 0. The average Bonchev–Trinajstić information content (AvgIpc) is 2.20. The molecule has 1 aromatic heterocycles. The molecule has 0 atom stereocenters. The van der Waals surface area contributed by atoms with Gasteiger partial charge in [0.1, 0.15) is 6.07 Å². The van der Waals surface area contributed by atoms with Gasteiger partial charge in [0.2, 0.25) is 5.69 Å². The first-order valence-electron chi connectivity index (χ1n) is 4.05. The van der Waals surface area contributed by atoms with Crippen molar-refractivity contribution in [1.82, 2.24) is 9.97 Å². The van der Waals surface area contributed by atoms with Crippen molar-refractivity contribution in [2.24, 2.45) is 0 Å². The van der Waals surface area contributed by atoms with Crippen LogP contribution in [-0.4, -0.2) is 17.1 Å². The fourth-order valence-electron chi connectivity index (χ4n) is 0.674. The van der Waals surface area contributed by atoms with Gasteiger partial charge in [-0.3, -0.25) is 0 Å². The van der Waals surface area contributed by atoms with Crippen molar-refractivity contribution in [2.45, 2.75) is 20.8 Å². The van der Waals surface area contributed by atoms with Crippen molar-refractivity contribution < 1.29 is 4.74 Å². The van der Waals surface area contributed by atoms with Gasteiger partial charge in [-0.2, -0.15) is 5.26 Å². The molecule has 0 fully saturated rings. The Hall–Kier alpha value is -1.63. The largest absolute Gasteiger partial charge is 0.479 e. The van der Waals surface area contributed by atoms with Crippen molar-refractivity contribution in [3.8, 4) is 11.9 Å². The highest BCUT2D eigenvalue weighted by atomic mass is 16.5. The van der Waals surface area contributed by atoms with Crippen LogP contribution in [0.3, 0.4) is 0 Å². The van der Waals surface area contributed by atoms with Crippen LogP contribution in [0.25, 0.3) is 0 Å². The lowest BCUT2D eigenvalue weighted by molar-refractivity contribution is 0.393. The van der Waals surface area contributed by atoms with Gasteiger partial charge in [-0.1, -0.05) is 13.8 Å². The zero-order chi connectivity index (χ0) is 10.3. The monoisotopic (exact) mass is 179 g/mol. The van der Waals surface area contributed by atoms with Gasteiger partial charge in [0.05, 0.1) is 12.8 Å². The molecule has 0 aliphatic heterocycles. The molecule has 1 aromatic rings. The molecular weight excluding hydrogens is 166 g/mol. The van der Waals surface area contributed by atoms with Crippen LogP contribution in [0.15, 0.2) is 6.20 Å². The van der Waals surface area contributed by atoms with E-state index in [0.717, 1.165) is 5.69 Å². The van der Waals surface area contributed by atoms with Gasteiger partial charge in [-0.15, -0.1) is 0 Å². The van der Waals surface area contributed by atoms with Crippen LogP contribution in [-0.2, 0) is 0 Å². The fraction of sp³-hybridized carbons (Fsp3) is 0.444. The smallest absolute Gasteiger partial charge is 0.251 e. The molecule has 4 nitrogen and oxygen atoms in total. The molecule has 0 aliphatic rings. The SMILES string of the molecule is CC.COc1nc(C)cnc1C#N. The minimum Gasteiger partial charge on any atom is -0.479 e. The maximum Gasteiger partial charge on any atom is 0.251 e. The molecule has 0 aliphatic carbocycles. The Kier molecular flexibility index (Phi) is 5.20. The van der Waals surface area contributed by atoms with Gasteiger partial charge in [0.25, 0.3) is 5.88 Å². The van der Waals surface area contributed by atoms with Crippen LogP contribution in [0.1, 0.15) is 25.2 Å². The molecule has 0 amide bonds. The van der Waals surface area contributed by atoms with Crippen LogP contribution in [0.4, 0.5) is 0 Å². The lowest BCUT2D eigenvalue weighted by atomic mass is 10.4. The predicted molar refractivity (Wildman–Crippen MR) is 49.4 cm³/mol. The molecule has 0 radical (unpaired) electrons. The Labute approximate surface area is 78.2 Å². The number of ether oxygens (including phenoxy) is 1. The summed E-state index contributed by atoms with van der Waals surface area (Å²) >= 11 is 0. The first kappa shape index (κ1) is 11.4. The maximum atomic E-state index is 8.51. The summed E-state index contributed by atoms with van der Waals surface area (Å²) in [5, 5.41) is 8.51. The Morgan fingerprint density at radius 1 is 1.46 bits per heavy atom. The average molecular weight is 179 g/mol.